The van der Waals surface area contributed by atoms with Gasteiger partial charge in [0.15, 0.2) is 0 Å². The normalized spacial score (nSPS) is 17.4. The third-order valence-electron chi connectivity index (χ3n) is 3.86. The van der Waals surface area contributed by atoms with E-state index in [2.05, 4.69) is 41.8 Å². The van der Waals surface area contributed by atoms with Crippen molar-refractivity contribution in [2.24, 2.45) is 0 Å². The maximum atomic E-state index is 11.9. The van der Waals surface area contributed by atoms with E-state index < -0.39 is 0 Å². The Hall–Kier alpha value is -1.35. The maximum Gasteiger partial charge on any atom is 0.234 e. The van der Waals surface area contributed by atoms with E-state index >= 15 is 0 Å². The number of aryl methyl sites for hydroxylation is 1. The lowest BCUT2D eigenvalue weighted by molar-refractivity contribution is -0.121. The highest BCUT2D eigenvalue weighted by molar-refractivity contribution is 5.78. The van der Waals surface area contributed by atoms with E-state index in [1.54, 1.807) is 0 Å². The minimum absolute atomic E-state index is 0.0680. The second-order valence-corrected chi connectivity index (χ2v) is 5.56. The van der Waals surface area contributed by atoms with Gasteiger partial charge in [-0.25, -0.2) is 0 Å². The first kappa shape index (κ1) is 14.1. The number of carbonyl (C=O) groups is 1. The van der Waals surface area contributed by atoms with Gasteiger partial charge in [0.05, 0.1) is 12.6 Å². The zero-order valence-corrected chi connectivity index (χ0v) is 11.9. The van der Waals surface area contributed by atoms with Gasteiger partial charge in [0.1, 0.15) is 0 Å². The Balaban J connectivity index is 1.76. The van der Waals surface area contributed by atoms with Crippen LogP contribution in [0.25, 0.3) is 0 Å². The summed E-state index contributed by atoms with van der Waals surface area (Å²) >= 11 is 0. The molecule has 1 aromatic rings. The average Bonchev–Trinajstić information content (AvgIpc) is 2.90. The van der Waals surface area contributed by atoms with Gasteiger partial charge in [-0.15, -0.1) is 0 Å². The number of carbonyl (C=O) groups excluding carboxylic acids is 1. The standard InChI is InChI=1S/C16H24N2O/c1-12-7-9-14(10-8-12)13(2)18-16(19)11-17-15-5-3-4-6-15/h7-10,13,15,17H,3-6,11H2,1-2H3,(H,18,19)/t13-/m1/s1. The third kappa shape index (κ3) is 4.35. The van der Waals surface area contributed by atoms with Gasteiger partial charge in [-0.1, -0.05) is 42.7 Å². The molecular formula is C16H24N2O. The van der Waals surface area contributed by atoms with Crippen molar-refractivity contribution in [3.8, 4) is 0 Å². The molecule has 1 aliphatic rings. The lowest BCUT2D eigenvalue weighted by Gasteiger charge is -2.16. The molecule has 1 amide bonds. The summed E-state index contributed by atoms with van der Waals surface area (Å²) in [6.07, 6.45) is 5.00. The van der Waals surface area contributed by atoms with Crippen LogP contribution in [-0.4, -0.2) is 18.5 Å². The van der Waals surface area contributed by atoms with E-state index in [9.17, 15) is 4.79 Å². The minimum atomic E-state index is 0.0680. The summed E-state index contributed by atoms with van der Waals surface area (Å²) in [4.78, 5) is 11.9. The van der Waals surface area contributed by atoms with Crippen molar-refractivity contribution in [3.05, 3.63) is 35.4 Å². The van der Waals surface area contributed by atoms with Gasteiger partial charge < -0.3 is 10.6 Å². The Morgan fingerprint density at radius 3 is 2.53 bits per heavy atom. The largest absolute Gasteiger partial charge is 0.348 e. The van der Waals surface area contributed by atoms with E-state index in [1.807, 2.05) is 6.92 Å². The van der Waals surface area contributed by atoms with Gasteiger partial charge in [-0.3, -0.25) is 4.79 Å². The molecule has 2 rings (SSSR count). The molecule has 0 saturated heterocycles. The van der Waals surface area contributed by atoms with Crippen LogP contribution in [0.15, 0.2) is 24.3 Å². The SMILES string of the molecule is Cc1ccc([C@@H](C)NC(=O)CNC2CCCC2)cc1. The van der Waals surface area contributed by atoms with Crippen LogP contribution >= 0.6 is 0 Å². The molecule has 0 aromatic heterocycles. The van der Waals surface area contributed by atoms with E-state index in [-0.39, 0.29) is 11.9 Å². The molecule has 1 aromatic carbocycles. The fraction of sp³-hybridized carbons (Fsp3) is 0.562. The topological polar surface area (TPSA) is 41.1 Å². The van der Waals surface area contributed by atoms with Crippen LogP contribution in [0, 0.1) is 6.92 Å². The lowest BCUT2D eigenvalue weighted by atomic mass is 10.1. The molecule has 1 saturated carbocycles. The smallest absolute Gasteiger partial charge is 0.234 e. The second-order valence-electron chi connectivity index (χ2n) is 5.56. The molecule has 3 heteroatoms. The van der Waals surface area contributed by atoms with Crippen LogP contribution in [-0.2, 0) is 4.79 Å². The van der Waals surface area contributed by atoms with Crippen LogP contribution in [0.1, 0.15) is 49.8 Å². The molecule has 0 unspecified atom stereocenters. The number of amides is 1. The molecule has 0 aliphatic heterocycles. The zero-order valence-electron chi connectivity index (χ0n) is 11.9. The Bertz CT molecular complexity index is 407. The number of benzene rings is 1. The van der Waals surface area contributed by atoms with E-state index in [0.717, 1.165) is 5.56 Å². The molecule has 1 aliphatic carbocycles. The summed E-state index contributed by atoms with van der Waals surface area (Å²) in [7, 11) is 0. The summed E-state index contributed by atoms with van der Waals surface area (Å²) in [5.74, 6) is 0.0833. The summed E-state index contributed by atoms with van der Waals surface area (Å²) in [5.41, 5.74) is 2.39. The van der Waals surface area contributed by atoms with Gasteiger partial charge in [0.2, 0.25) is 5.91 Å². The molecule has 0 radical (unpaired) electrons. The number of hydrogen-bond acceptors (Lipinski definition) is 2. The molecular weight excluding hydrogens is 236 g/mol. The second kappa shape index (κ2) is 6.71. The molecule has 1 fully saturated rings. The van der Waals surface area contributed by atoms with Crippen LogP contribution in [0.3, 0.4) is 0 Å². The Morgan fingerprint density at radius 2 is 1.89 bits per heavy atom. The molecule has 1 atom stereocenters. The van der Waals surface area contributed by atoms with Crippen molar-refractivity contribution in [1.82, 2.24) is 10.6 Å². The van der Waals surface area contributed by atoms with Crippen LogP contribution in [0.2, 0.25) is 0 Å². The van der Waals surface area contributed by atoms with Crippen molar-refractivity contribution < 1.29 is 4.79 Å². The molecule has 19 heavy (non-hydrogen) atoms. The molecule has 0 spiro atoms. The quantitative estimate of drug-likeness (QED) is 0.854. The predicted octanol–water partition coefficient (Wildman–Crippen LogP) is 2.70. The van der Waals surface area contributed by atoms with Crippen molar-refractivity contribution in [2.45, 2.75) is 51.6 Å². The van der Waals surface area contributed by atoms with E-state index in [4.69, 9.17) is 0 Å². The van der Waals surface area contributed by atoms with E-state index in [1.165, 1.54) is 31.2 Å². The van der Waals surface area contributed by atoms with Crippen molar-refractivity contribution in [2.75, 3.05) is 6.54 Å². The fourth-order valence-corrected chi connectivity index (χ4v) is 2.60. The Morgan fingerprint density at radius 1 is 1.26 bits per heavy atom. The first-order valence-electron chi connectivity index (χ1n) is 7.24. The molecule has 104 valence electrons. The van der Waals surface area contributed by atoms with Gasteiger partial charge in [-0.05, 0) is 32.3 Å². The van der Waals surface area contributed by atoms with Gasteiger partial charge in [0, 0.05) is 6.04 Å². The number of nitrogens with one attached hydrogen (secondary N) is 2. The zero-order chi connectivity index (χ0) is 13.7. The minimum Gasteiger partial charge on any atom is -0.348 e. The van der Waals surface area contributed by atoms with Crippen molar-refractivity contribution in [3.63, 3.8) is 0 Å². The average molecular weight is 260 g/mol. The Kier molecular flexibility index (Phi) is 4.97. The van der Waals surface area contributed by atoms with E-state index in [0.29, 0.717) is 12.6 Å². The summed E-state index contributed by atoms with van der Waals surface area (Å²) in [6, 6.07) is 8.91. The molecule has 0 heterocycles. The summed E-state index contributed by atoms with van der Waals surface area (Å²) in [5, 5.41) is 6.37. The van der Waals surface area contributed by atoms with Gasteiger partial charge >= 0.3 is 0 Å². The monoisotopic (exact) mass is 260 g/mol. The van der Waals surface area contributed by atoms with Crippen molar-refractivity contribution >= 4 is 5.91 Å². The summed E-state index contributed by atoms with van der Waals surface area (Å²) in [6.45, 7) is 4.53. The predicted molar refractivity (Wildman–Crippen MR) is 78.0 cm³/mol. The number of rotatable bonds is 5. The Labute approximate surface area is 115 Å². The van der Waals surface area contributed by atoms with Gasteiger partial charge in [0.25, 0.3) is 0 Å². The maximum absolute atomic E-state index is 11.9. The number of hydrogen-bond donors (Lipinski definition) is 2. The molecule has 3 nitrogen and oxygen atoms in total. The van der Waals surface area contributed by atoms with Gasteiger partial charge in [-0.2, -0.15) is 0 Å². The highest BCUT2D eigenvalue weighted by Gasteiger charge is 2.16. The lowest BCUT2D eigenvalue weighted by Crippen LogP contribution is -2.39. The highest BCUT2D eigenvalue weighted by Crippen LogP contribution is 2.17. The molecule has 2 N–H and O–H groups in total. The highest BCUT2D eigenvalue weighted by atomic mass is 16.1. The summed E-state index contributed by atoms with van der Waals surface area (Å²) < 4.78 is 0. The van der Waals surface area contributed by atoms with Crippen LogP contribution < -0.4 is 10.6 Å². The first-order valence-corrected chi connectivity index (χ1v) is 7.24. The van der Waals surface area contributed by atoms with Crippen LogP contribution in [0.5, 0.6) is 0 Å². The van der Waals surface area contributed by atoms with Crippen LogP contribution in [0.4, 0.5) is 0 Å². The first-order chi connectivity index (χ1) is 9.15. The van der Waals surface area contributed by atoms with Crippen molar-refractivity contribution in [1.29, 1.82) is 0 Å². The fourth-order valence-electron chi connectivity index (χ4n) is 2.60. The molecule has 0 bridgehead atoms. The third-order valence-corrected chi connectivity index (χ3v) is 3.86.